The van der Waals surface area contributed by atoms with E-state index in [4.69, 9.17) is 9.84 Å². The molecule has 3 atom stereocenters. The van der Waals surface area contributed by atoms with Gasteiger partial charge in [0.1, 0.15) is 10.7 Å². The highest BCUT2D eigenvalue weighted by Gasteiger charge is 2.44. The fraction of sp³-hybridized carbons (Fsp3) is 0.727. The lowest BCUT2D eigenvalue weighted by atomic mass is 10.2. The van der Waals surface area contributed by atoms with Gasteiger partial charge in [-0.1, -0.05) is 11.8 Å². The highest BCUT2D eigenvalue weighted by atomic mass is 32.2. The Morgan fingerprint density at radius 3 is 2.76 bits per heavy atom. The lowest BCUT2D eigenvalue weighted by molar-refractivity contribution is -0.133. The third kappa shape index (κ3) is 1.94. The monoisotopic (exact) mass is 256 g/mol. The Morgan fingerprint density at radius 2 is 2.24 bits per heavy atom. The van der Waals surface area contributed by atoms with Gasteiger partial charge in [-0.15, -0.1) is 0 Å². The summed E-state index contributed by atoms with van der Waals surface area (Å²) in [4.78, 5) is 12.9. The zero-order valence-corrected chi connectivity index (χ0v) is 10.5. The molecule has 0 amide bonds. The minimum absolute atomic E-state index is 0.288. The lowest BCUT2D eigenvalue weighted by Crippen LogP contribution is -2.58. The van der Waals surface area contributed by atoms with Gasteiger partial charge in [0.2, 0.25) is 0 Å². The first-order valence-corrected chi connectivity index (χ1v) is 6.75. The minimum atomic E-state index is -0.891. The molecule has 3 aliphatic heterocycles. The first-order chi connectivity index (χ1) is 8.07. The van der Waals surface area contributed by atoms with Crippen molar-refractivity contribution in [2.45, 2.75) is 37.0 Å². The number of fused-ring (bicyclic) bond motifs is 2. The Morgan fingerprint density at radius 1 is 1.59 bits per heavy atom. The maximum absolute atomic E-state index is 10.9. The molecule has 0 aromatic heterocycles. The molecule has 0 aromatic carbocycles. The zero-order chi connectivity index (χ0) is 12.0. The highest BCUT2D eigenvalue weighted by Crippen LogP contribution is 2.38. The van der Waals surface area contributed by atoms with Crippen LogP contribution in [0.4, 0.5) is 0 Å². The van der Waals surface area contributed by atoms with Crippen LogP contribution in [0.1, 0.15) is 19.8 Å². The van der Waals surface area contributed by atoms with Gasteiger partial charge < -0.3 is 15.2 Å². The number of morpholine rings is 1. The molecule has 6 heteroatoms. The number of hydrogen-bond donors (Lipinski definition) is 2. The van der Waals surface area contributed by atoms with E-state index in [0.29, 0.717) is 12.2 Å². The average molecular weight is 256 g/mol. The fourth-order valence-electron chi connectivity index (χ4n) is 2.70. The van der Waals surface area contributed by atoms with Crippen LogP contribution in [-0.4, -0.2) is 46.3 Å². The molecule has 0 radical (unpaired) electrons. The molecule has 5 nitrogen and oxygen atoms in total. The zero-order valence-electron chi connectivity index (χ0n) is 9.68. The van der Waals surface area contributed by atoms with Crippen LogP contribution in [0.3, 0.4) is 0 Å². The molecule has 3 heterocycles. The van der Waals surface area contributed by atoms with Crippen LogP contribution >= 0.6 is 11.8 Å². The summed E-state index contributed by atoms with van der Waals surface area (Å²) in [6, 6.07) is 0. The number of carboxylic acid groups (broad SMARTS) is 1. The van der Waals surface area contributed by atoms with Crippen molar-refractivity contribution in [1.82, 2.24) is 10.2 Å². The third-order valence-electron chi connectivity index (χ3n) is 3.65. The summed E-state index contributed by atoms with van der Waals surface area (Å²) >= 11 is 1.54. The maximum atomic E-state index is 10.9. The molecule has 0 aliphatic carbocycles. The number of carbonyl (C=O) groups is 1. The van der Waals surface area contributed by atoms with Crippen LogP contribution in [0.15, 0.2) is 11.1 Å². The number of carboxylic acids is 1. The van der Waals surface area contributed by atoms with Gasteiger partial charge in [0.25, 0.3) is 0 Å². The largest absolute Gasteiger partial charge is 0.477 e. The van der Waals surface area contributed by atoms with Gasteiger partial charge in [0.15, 0.2) is 0 Å². The third-order valence-corrected chi connectivity index (χ3v) is 4.82. The second kappa shape index (κ2) is 3.90. The van der Waals surface area contributed by atoms with Crippen LogP contribution in [0.2, 0.25) is 0 Å². The highest BCUT2D eigenvalue weighted by molar-refractivity contribution is 8.03. The van der Waals surface area contributed by atoms with Gasteiger partial charge in [-0.2, -0.15) is 0 Å². The van der Waals surface area contributed by atoms with E-state index in [1.54, 1.807) is 5.41 Å². The summed E-state index contributed by atoms with van der Waals surface area (Å²) in [5.41, 5.74) is 0.288. The summed E-state index contributed by atoms with van der Waals surface area (Å²) < 4.78 is 5.79. The van der Waals surface area contributed by atoms with Gasteiger partial charge in [0, 0.05) is 18.5 Å². The maximum Gasteiger partial charge on any atom is 0.352 e. The molecule has 3 unspecified atom stereocenters. The molecule has 2 saturated heterocycles. The van der Waals surface area contributed by atoms with E-state index in [9.17, 15) is 4.79 Å². The number of aliphatic carboxylic acids is 1. The summed E-state index contributed by atoms with van der Waals surface area (Å²) in [5, 5.41) is 13.8. The second-order valence-corrected chi connectivity index (χ2v) is 6.19. The summed E-state index contributed by atoms with van der Waals surface area (Å²) in [7, 11) is 0. The average Bonchev–Trinajstić information content (AvgIpc) is 2.84. The van der Waals surface area contributed by atoms with Crippen LogP contribution in [0.25, 0.3) is 0 Å². The van der Waals surface area contributed by atoms with Crippen LogP contribution in [0, 0.1) is 0 Å². The van der Waals surface area contributed by atoms with Crippen molar-refractivity contribution in [1.29, 1.82) is 0 Å². The number of hydrogen-bond acceptors (Lipinski definition) is 5. The fourth-order valence-corrected chi connectivity index (χ4v) is 3.68. The first kappa shape index (κ1) is 11.4. The van der Waals surface area contributed by atoms with Crippen molar-refractivity contribution >= 4 is 17.7 Å². The van der Waals surface area contributed by atoms with Crippen molar-refractivity contribution < 1.29 is 14.6 Å². The summed E-state index contributed by atoms with van der Waals surface area (Å²) in [6.07, 6.45) is 2.89. The lowest BCUT2D eigenvalue weighted by Gasteiger charge is -2.42. The van der Waals surface area contributed by atoms with Gasteiger partial charge in [-0.3, -0.25) is 4.90 Å². The predicted molar refractivity (Wildman–Crippen MR) is 64.3 cm³/mol. The van der Waals surface area contributed by atoms with Crippen LogP contribution < -0.4 is 5.32 Å². The number of nitrogens with zero attached hydrogens (tertiary/aromatic N) is 1. The first-order valence-electron chi connectivity index (χ1n) is 5.87. The van der Waals surface area contributed by atoms with Crippen molar-refractivity contribution in [2.24, 2.45) is 0 Å². The SMILES string of the molecule is CC1(N2CC3CCC(C2)O3)NC(C(=O)O)=CS1. The number of ether oxygens (including phenoxy) is 1. The Balaban J connectivity index is 1.71. The molecule has 3 rings (SSSR count). The Hall–Kier alpha value is -0.720. The van der Waals surface area contributed by atoms with E-state index in [2.05, 4.69) is 10.2 Å². The van der Waals surface area contributed by atoms with E-state index < -0.39 is 5.97 Å². The smallest absolute Gasteiger partial charge is 0.352 e. The van der Waals surface area contributed by atoms with E-state index >= 15 is 0 Å². The van der Waals surface area contributed by atoms with Crippen molar-refractivity contribution in [3.8, 4) is 0 Å². The Kier molecular flexibility index (Phi) is 2.61. The number of nitrogens with one attached hydrogen (secondary N) is 1. The summed E-state index contributed by atoms with van der Waals surface area (Å²) in [5.74, 6) is -0.891. The quantitative estimate of drug-likeness (QED) is 0.761. The molecule has 0 saturated carbocycles. The molecule has 2 fully saturated rings. The number of thioether (sulfide) groups is 1. The van der Waals surface area contributed by atoms with Gasteiger partial charge >= 0.3 is 5.97 Å². The van der Waals surface area contributed by atoms with Gasteiger partial charge in [-0.25, -0.2) is 4.79 Å². The number of rotatable bonds is 2. The van der Waals surface area contributed by atoms with Crippen molar-refractivity contribution in [3.05, 3.63) is 11.1 Å². The van der Waals surface area contributed by atoms with E-state index in [0.717, 1.165) is 25.9 Å². The topological polar surface area (TPSA) is 61.8 Å². The molecule has 2 bridgehead atoms. The molecule has 17 heavy (non-hydrogen) atoms. The molecule has 2 N–H and O–H groups in total. The molecular weight excluding hydrogens is 240 g/mol. The molecule has 94 valence electrons. The Bertz CT molecular complexity index is 375. The standard InChI is InChI=1S/C11H16N2O3S/c1-11(12-9(6-17-11)10(14)15)13-4-7-2-3-8(5-13)16-7/h6-8,12H,2-5H2,1H3,(H,14,15). The minimum Gasteiger partial charge on any atom is -0.477 e. The van der Waals surface area contributed by atoms with Gasteiger partial charge in [-0.05, 0) is 19.8 Å². The molecule has 0 spiro atoms. The molecule has 3 aliphatic rings. The van der Waals surface area contributed by atoms with Crippen molar-refractivity contribution in [3.63, 3.8) is 0 Å². The van der Waals surface area contributed by atoms with Gasteiger partial charge in [0.05, 0.1) is 12.2 Å². The van der Waals surface area contributed by atoms with E-state index in [1.165, 1.54) is 11.8 Å². The second-order valence-electron chi connectivity index (χ2n) is 4.92. The predicted octanol–water partition coefficient (Wildman–Crippen LogP) is 0.786. The molecular formula is C11H16N2O3S. The van der Waals surface area contributed by atoms with E-state index in [1.807, 2.05) is 6.92 Å². The van der Waals surface area contributed by atoms with Crippen molar-refractivity contribution in [2.75, 3.05) is 13.1 Å². The summed E-state index contributed by atoms with van der Waals surface area (Å²) in [6.45, 7) is 3.80. The number of likely N-dealkylation sites (tertiary alicyclic amines) is 1. The van der Waals surface area contributed by atoms with Crippen LogP contribution in [0.5, 0.6) is 0 Å². The Labute approximate surface area is 104 Å². The van der Waals surface area contributed by atoms with E-state index in [-0.39, 0.29) is 10.7 Å². The normalized spacial score (nSPS) is 41.1. The van der Waals surface area contributed by atoms with Crippen LogP contribution in [-0.2, 0) is 9.53 Å². The molecule has 0 aromatic rings.